The van der Waals surface area contributed by atoms with Crippen LogP contribution in [0.5, 0.6) is 0 Å². The number of halogens is 1. The summed E-state index contributed by atoms with van der Waals surface area (Å²) in [5.41, 5.74) is 1.74. The van der Waals surface area contributed by atoms with Crippen LogP contribution in [-0.4, -0.2) is 4.98 Å². The van der Waals surface area contributed by atoms with Crippen LogP contribution in [0, 0.1) is 17.1 Å². The van der Waals surface area contributed by atoms with Gasteiger partial charge in [0.1, 0.15) is 28.1 Å². The molecule has 0 aliphatic rings. The smallest absolute Gasteiger partial charge is 0.345 e. The molecular weight excluding hydrogens is 377 g/mol. The van der Waals surface area contributed by atoms with Crippen molar-refractivity contribution in [3.8, 4) is 17.3 Å². The van der Waals surface area contributed by atoms with Gasteiger partial charge in [-0.1, -0.05) is 18.2 Å². The monoisotopic (exact) mass is 389 g/mol. The molecule has 136 valence electrons. The number of allylic oxidation sites excluding steroid dienone is 1. The molecule has 0 spiro atoms. The van der Waals surface area contributed by atoms with E-state index >= 15 is 0 Å². The van der Waals surface area contributed by atoms with Crippen molar-refractivity contribution in [3.63, 3.8) is 0 Å². The third kappa shape index (κ3) is 3.54. The van der Waals surface area contributed by atoms with E-state index < -0.39 is 5.63 Å². The molecule has 2 aromatic heterocycles. The predicted octanol–water partition coefficient (Wildman–Crippen LogP) is 5.03. The van der Waals surface area contributed by atoms with E-state index in [2.05, 4.69) is 16.4 Å². The first kappa shape index (κ1) is 17.6. The Labute approximate surface area is 163 Å². The first-order chi connectivity index (χ1) is 13.6. The van der Waals surface area contributed by atoms with Crippen molar-refractivity contribution >= 4 is 33.6 Å². The Hall–Kier alpha value is -3.76. The van der Waals surface area contributed by atoms with Gasteiger partial charge in [-0.15, -0.1) is 11.3 Å². The van der Waals surface area contributed by atoms with Gasteiger partial charge in [-0.05, 0) is 36.4 Å². The van der Waals surface area contributed by atoms with Gasteiger partial charge in [-0.2, -0.15) is 5.26 Å². The summed E-state index contributed by atoms with van der Waals surface area (Å²) >= 11 is 1.25. The average Bonchev–Trinajstić information content (AvgIpc) is 3.19. The Morgan fingerprint density at radius 1 is 1.21 bits per heavy atom. The molecule has 0 aliphatic carbocycles. The fourth-order valence-electron chi connectivity index (χ4n) is 2.61. The van der Waals surface area contributed by atoms with E-state index in [1.807, 2.05) is 12.1 Å². The van der Waals surface area contributed by atoms with E-state index in [4.69, 9.17) is 4.42 Å². The van der Waals surface area contributed by atoms with E-state index in [9.17, 15) is 14.4 Å². The van der Waals surface area contributed by atoms with Crippen molar-refractivity contribution in [2.45, 2.75) is 0 Å². The molecule has 0 fully saturated rings. The lowest BCUT2D eigenvalue weighted by Crippen LogP contribution is -2.02. The first-order valence-electron chi connectivity index (χ1n) is 8.25. The molecule has 2 heterocycles. The highest BCUT2D eigenvalue weighted by Crippen LogP contribution is 2.26. The number of nitriles is 1. The molecule has 4 rings (SSSR count). The first-order valence-corrected chi connectivity index (χ1v) is 9.13. The number of hydrogen-bond acceptors (Lipinski definition) is 6. The van der Waals surface area contributed by atoms with E-state index in [0.29, 0.717) is 33.1 Å². The number of nitrogens with zero attached hydrogens (tertiary/aromatic N) is 2. The molecule has 0 radical (unpaired) electrons. The van der Waals surface area contributed by atoms with Crippen LogP contribution in [0.15, 0.2) is 75.4 Å². The zero-order valence-corrected chi connectivity index (χ0v) is 15.2. The quantitative estimate of drug-likeness (QED) is 0.391. The molecule has 0 atom stereocenters. The largest absolute Gasteiger partial charge is 0.422 e. The minimum absolute atomic E-state index is 0.297. The Kier molecular flexibility index (Phi) is 4.70. The number of thiazole rings is 1. The summed E-state index contributed by atoms with van der Waals surface area (Å²) in [6.07, 6.45) is 1.50. The summed E-state index contributed by atoms with van der Waals surface area (Å²) in [5.74, 6) is -0.339. The van der Waals surface area contributed by atoms with Crippen LogP contribution in [0.2, 0.25) is 0 Å². The molecule has 0 unspecified atom stereocenters. The van der Waals surface area contributed by atoms with E-state index in [1.165, 1.54) is 29.7 Å². The minimum atomic E-state index is -0.484. The van der Waals surface area contributed by atoms with Gasteiger partial charge in [-0.3, -0.25) is 0 Å². The highest BCUT2D eigenvalue weighted by atomic mass is 32.1. The summed E-state index contributed by atoms with van der Waals surface area (Å²) < 4.78 is 18.3. The molecule has 28 heavy (non-hydrogen) atoms. The van der Waals surface area contributed by atoms with Crippen molar-refractivity contribution in [3.05, 3.63) is 87.4 Å². The van der Waals surface area contributed by atoms with Crippen LogP contribution in [-0.2, 0) is 0 Å². The van der Waals surface area contributed by atoms with Gasteiger partial charge >= 0.3 is 5.63 Å². The lowest BCUT2D eigenvalue weighted by atomic mass is 10.1. The summed E-state index contributed by atoms with van der Waals surface area (Å²) in [6, 6.07) is 16.8. The summed E-state index contributed by atoms with van der Waals surface area (Å²) in [4.78, 5) is 16.7. The lowest BCUT2D eigenvalue weighted by molar-refractivity contribution is 0.563. The van der Waals surface area contributed by atoms with E-state index in [1.54, 1.807) is 35.7 Å². The second-order valence-electron chi connectivity index (χ2n) is 5.84. The number of fused-ring (bicyclic) bond motifs is 1. The molecule has 0 saturated carbocycles. The molecule has 4 aromatic rings. The third-order valence-electron chi connectivity index (χ3n) is 4.00. The van der Waals surface area contributed by atoms with Crippen LogP contribution in [0.4, 0.5) is 10.1 Å². The summed E-state index contributed by atoms with van der Waals surface area (Å²) in [7, 11) is 0. The highest BCUT2D eigenvalue weighted by Gasteiger charge is 2.13. The standard InChI is InChI=1S/C21H12FN3O2S/c22-15-5-7-16(8-6-15)24-11-14(10-23)20-25-18(12-28-20)17-9-13-3-1-2-4-19(13)27-21(17)26/h1-9,11-12,24H/b14-11+. The summed E-state index contributed by atoms with van der Waals surface area (Å²) in [5, 5.41) is 15.3. The van der Waals surface area contributed by atoms with E-state index in [-0.39, 0.29) is 5.82 Å². The number of rotatable bonds is 4. The Bertz CT molecular complexity index is 1280. The zero-order valence-electron chi connectivity index (χ0n) is 14.3. The van der Waals surface area contributed by atoms with Crippen LogP contribution < -0.4 is 10.9 Å². The van der Waals surface area contributed by atoms with E-state index in [0.717, 1.165) is 5.39 Å². The van der Waals surface area contributed by atoms with Gasteiger partial charge in [-0.25, -0.2) is 14.2 Å². The zero-order chi connectivity index (χ0) is 19.5. The van der Waals surface area contributed by atoms with Gasteiger partial charge in [0.25, 0.3) is 0 Å². The van der Waals surface area contributed by atoms with Crippen molar-refractivity contribution < 1.29 is 8.81 Å². The number of hydrogen-bond donors (Lipinski definition) is 1. The van der Waals surface area contributed by atoms with Gasteiger partial charge < -0.3 is 9.73 Å². The van der Waals surface area contributed by atoms with Crippen LogP contribution in [0.3, 0.4) is 0 Å². The normalized spacial score (nSPS) is 11.4. The maximum Gasteiger partial charge on any atom is 0.345 e. The molecule has 0 saturated heterocycles. The molecule has 1 N–H and O–H groups in total. The van der Waals surface area contributed by atoms with Gasteiger partial charge in [0.15, 0.2) is 0 Å². The Morgan fingerprint density at radius 3 is 2.79 bits per heavy atom. The fraction of sp³-hybridized carbons (Fsp3) is 0. The lowest BCUT2D eigenvalue weighted by Gasteiger charge is -2.01. The Morgan fingerprint density at radius 2 is 2.00 bits per heavy atom. The number of anilines is 1. The van der Waals surface area contributed by atoms with Crippen LogP contribution in [0.1, 0.15) is 5.01 Å². The predicted molar refractivity (Wildman–Crippen MR) is 107 cm³/mol. The topological polar surface area (TPSA) is 78.9 Å². The van der Waals surface area contributed by atoms with Crippen molar-refractivity contribution in [1.29, 1.82) is 5.26 Å². The second kappa shape index (κ2) is 7.47. The molecule has 0 amide bonds. The van der Waals surface area contributed by atoms with Crippen molar-refractivity contribution in [2.24, 2.45) is 0 Å². The molecule has 7 heteroatoms. The molecule has 5 nitrogen and oxygen atoms in total. The average molecular weight is 389 g/mol. The van der Waals surface area contributed by atoms with Crippen LogP contribution >= 0.6 is 11.3 Å². The summed E-state index contributed by atoms with van der Waals surface area (Å²) in [6.45, 7) is 0. The molecule has 0 aliphatic heterocycles. The number of nitrogens with one attached hydrogen (secondary N) is 1. The van der Waals surface area contributed by atoms with Gasteiger partial charge in [0.05, 0.1) is 11.3 Å². The molecule has 2 aromatic carbocycles. The van der Waals surface area contributed by atoms with Gasteiger partial charge in [0.2, 0.25) is 0 Å². The highest BCUT2D eigenvalue weighted by molar-refractivity contribution is 7.11. The van der Waals surface area contributed by atoms with Crippen LogP contribution in [0.25, 0.3) is 27.8 Å². The molecule has 0 bridgehead atoms. The third-order valence-corrected chi connectivity index (χ3v) is 4.88. The number of aromatic nitrogens is 1. The fourth-order valence-corrected chi connectivity index (χ4v) is 3.39. The minimum Gasteiger partial charge on any atom is -0.422 e. The maximum atomic E-state index is 13.0. The number of benzene rings is 2. The van der Waals surface area contributed by atoms with Crippen molar-refractivity contribution in [1.82, 2.24) is 4.98 Å². The second-order valence-corrected chi connectivity index (χ2v) is 6.70. The molecular formula is C21H12FN3O2S. The van der Waals surface area contributed by atoms with Crippen molar-refractivity contribution in [2.75, 3.05) is 5.32 Å². The van der Waals surface area contributed by atoms with Gasteiger partial charge in [0, 0.05) is 22.7 Å². The SMILES string of the molecule is N#C/C(=C\Nc1ccc(F)cc1)c1nc(-c2cc3ccccc3oc2=O)cs1. The maximum absolute atomic E-state index is 13.0. The Balaban J connectivity index is 1.65. The number of para-hydroxylation sites is 1.